The Bertz CT molecular complexity index is 5230. The van der Waals surface area contributed by atoms with Gasteiger partial charge in [0.1, 0.15) is 13.2 Å². The van der Waals surface area contributed by atoms with Gasteiger partial charge in [0.05, 0.1) is 45.0 Å². The molecule has 5 heterocycles. The van der Waals surface area contributed by atoms with Crippen molar-refractivity contribution in [2.75, 3.05) is 13.2 Å². The predicted molar refractivity (Wildman–Crippen MR) is 362 cm³/mol. The van der Waals surface area contributed by atoms with Gasteiger partial charge in [0.25, 0.3) is 0 Å². The monoisotopic (exact) mass is 1250 g/mol. The van der Waals surface area contributed by atoms with Gasteiger partial charge in [0, 0.05) is 46.0 Å². The van der Waals surface area contributed by atoms with E-state index in [1.54, 1.807) is 60.7 Å². The van der Waals surface area contributed by atoms with Crippen LogP contribution in [0.2, 0.25) is 0 Å². The van der Waals surface area contributed by atoms with Crippen LogP contribution in [-0.4, -0.2) is 79.2 Å². The Morgan fingerprint density at radius 1 is 0.372 bits per heavy atom. The second kappa shape index (κ2) is 25.8. The molecule has 2 atom stereocenters. The van der Waals surface area contributed by atoms with Gasteiger partial charge in [-0.15, -0.1) is 0 Å². The van der Waals surface area contributed by atoms with Crippen LogP contribution in [0.4, 0.5) is 0 Å². The first-order valence-electron chi connectivity index (χ1n) is 30.8. The molecule has 466 valence electrons. The summed E-state index contributed by atoms with van der Waals surface area (Å²) in [4.78, 5) is 100. The van der Waals surface area contributed by atoms with E-state index in [1.165, 1.54) is 0 Å². The van der Waals surface area contributed by atoms with Crippen LogP contribution in [0.1, 0.15) is 138 Å². The third-order valence-corrected chi connectivity index (χ3v) is 17.6. The largest absolute Gasteiger partial charge is 0.481 e. The number of fused-ring (bicyclic) bond motifs is 12. The average molecular weight is 1250 g/mol. The van der Waals surface area contributed by atoms with Crippen LogP contribution >= 0.6 is 0 Å². The maximum atomic E-state index is 14.8. The summed E-state index contributed by atoms with van der Waals surface area (Å²) in [6.45, 7) is 6.44. The molecule has 0 spiro atoms. The number of ether oxygens (including phenoxy) is 4. The molecule has 2 aliphatic heterocycles. The number of aryl methyl sites for hydroxylation is 2. The average Bonchev–Trinajstić information content (AvgIpc) is 1.63. The van der Waals surface area contributed by atoms with Gasteiger partial charge >= 0.3 is 35.8 Å². The van der Waals surface area contributed by atoms with Crippen molar-refractivity contribution in [3.63, 3.8) is 0 Å². The SMILES string of the molecule is CC1=C(CCC(=O)O)c2cc3nc(cc4[nH]c(cc5[nH]c(cc1n2)c(C)c5C(COC(=O)c1ccc2ccccc2c1)OC(=O)c1ccc2ccccc2c1)c(C)c4C(COC(=O)c1ccc2ccccc2c1)OC(=O)c1ccc2ccccc2c1)C(C)=C3CCC(=O)O. The van der Waals surface area contributed by atoms with Crippen LogP contribution < -0.4 is 0 Å². The number of carbonyl (C=O) groups excluding carboxylic acids is 4. The van der Waals surface area contributed by atoms with E-state index in [1.807, 2.05) is 161 Å². The lowest BCUT2D eigenvalue weighted by molar-refractivity contribution is -0.137. The Balaban J connectivity index is 1.04. The zero-order valence-corrected chi connectivity index (χ0v) is 51.7. The highest BCUT2D eigenvalue weighted by atomic mass is 16.6. The van der Waals surface area contributed by atoms with Gasteiger partial charge in [-0.05, 0) is 190 Å². The molecule has 0 saturated carbocycles. The zero-order valence-electron chi connectivity index (χ0n) is 51.7. The Morgan fingerprint density at radius 3 is 1.05 bits per heavy atom. The molecule has 16 heteroatoms. The minimum atomic E-state index is -1.31. The number of aromatic amines is 2. The number of carboxylic acids is 2. The lowest BCUT2D eigenvalue weighted by Gasteiger charge is -2.20. The van der Waals surface area contributed by atoms with Crippen molar-refractivity contribution >= 4 is 123 Å². The van der Waals surface area contributed by atoms with Gasteiger partial charge in [-0.25, -0.2) is 29.1 Å². The van der Waals surface area contributed by atoms with E-state index < -0.39 is 61.2 Å². The summed E-state index contributed by atoms with van der Waals surface area (Å²) >= 11 is 0. The first-order valence-corrected chi connectivity index (χ1v) is 30.8. The molecule has 4 N–H and O–H groups in total. The van der Waals surface area contributed by atoms with E-state index in [-0.39, 0.29) is 47.9 Å². The van der Waals surface area contributed by atoms with Gasteiger partial charge < -0.3 is 39.1 Å². The first kappa shape index (κ1) is 61.1. The number of carboxylic acid groups (broad SMARTS) is 2. The van der Waals surface area contributed by atoms with Crippen LogP contribution in [0.5, 0.6) is 0 Å². The zero-order chi connectivity index (χ0) is 65.3. The van der Waals surface area contributed by atoms with E-state index in [2.05, 4.69) is 9.97 Å². The number of allylic oxidation sites excluding steroid dienone is 4. The van der Waals surface area contributed by atoms with E-state index in [9.17, 15) is 39.0 Å². The van der Waals surface area contributed by atoms with Crippen molar-refractivity contribution < 1.29 is 57.9 Å². The molecule has 0 fully saturated rings. The molecule has 2 unspecified atom stereocenters. The Kier molecular flexibility index (Phi) is 16.8. The number of aliphatic carboxylic acids is 2. The molecule has 11 aromatic rings. The maximum absolute atomic E-state index is 14.8. The number of hydrogen-bond acceptors (Lipinski definition) is 12. The lowest BCUT2D eigenvalue weighted by atomic mass is 9.98. The highest BCUT2D eigenvalue weighted by Gasteiger charge is 2.31. The standard InChI is InChI=1S/C78H62N4O12/c1-43-59(29-31-71(83)84)65-40-66-60(30-32-72(85)86)44(2)62(80-66)38-67-74(70(94-78(90)58-28-24-50-16-8-12-20-54(50)36-58)42-92-76(88)56-26-22-48-14-6-10-18-52(48)34-56)46(4)64(82-67)39-68-73(45(3)63(81-68)37-61(43)79-65)69(93-77(89)57-27-23-49-15-7-11-19-53(49)35-57)41-91-75(87)55-25-21-47-13-5-9-17-51(47)33-55/h5-28,33-40,69-70,81-82H,29-32,41-42H2,1-4H3,(H,83,84)(H,85,86). The molecule has 0 amide bonds. The first-order chi connectivity index (χ1) is 45.5. The molecule has 0 saturated heterocycles. The number of hydrogen-bond donors (Lipinski definition) is 4. The molecular weight excluding hydrogens is 1180 g/mol. The van der Waals surface area contributed by atoms with Crippen molar-refractivity contribution in [1.82, 2.24) is 19.9 Å². The molecule has 8 aromatic carbocycles. The summed E-state index contributed by atoms with van der Waals surface area (Å²) in [6.07, 6.45) is -2.88. The van der Waals surface area contributed by atoms with Crippen LogP contribution in [-0.2, 0) is 28.5 Å². The van der Waals surface area contributed by atoms with E-state index in [0.29, 0.717) is 89.4 Å². The Morgan fingerprint density at radius 2 is 0.691 bits per heavy atom. The summed E-state index contributed by atoms with van der Waals surface area (Å²) in [6, 6.07) is 58.6. The maximum Gasteiger partial charge on any atom is 0.338 e. The van der Waals surface area contributed by atoms with Crippen molar-refractivity contribution in [3.8, 4) is 0 Å². The smallest absolute Gasteiger partial charge is 0.338 e. The number of esters is 4. The van der Waals surface area contributed by atoms with Crippen molar-refractivity contribution in [1.29, 1.82) is 0 Å². The van der Waals surface area contributed by atoms with E-state index in [0.717, 1.165) is 43.1 Å². The second-order valence-corrected chi connectivity index (χ2v) is 23.6. The van der Waals surface area contributed by atoms with E-state index >= 15 is 0 Å². The number of carbonyl (C=O) groups is 6. The number of rotatable bonds is 18. The lowest BCUT2D eigenvalue weighted by Crippen LogP contribution is -2.20. The van der Waals surface area contributed by atoms with Crippen LogP contribution in [0, 0.1) is 13.8 Å². The third-order valence-electron chi connectivity index (χ3n) is 17.6. The van der Waals surface area contributed by atoms with Crippen molar-refractivity contribution in [2.45, 2.75) is 65.6 Å². The van der Waals surface area contributed by atoms with Gasteiger partial charge in [0.2, 0.25) is 0 Å². The Labute approximate surface area is 538 Å². The molecule has 0 aliphatic carbocycles. The molecule has 2 aliphatic rings. The minimum absolute atomic E-state index is 0.0838. The number of nitrogens with one attached hydrogen (secondary N) is 2. The molecule has 3 aromatic heterocycles. The van der Waals surface area contributed by atoms with Crippen LogP contribution in [0.25, 0.3) is 87.4 Å². The fourth-order valence-corrected chi connectivity index (χ4v) is 12.6. The molecule has 8 bridgehead atoms. The summed E-state index contributed by atoms with van der Waals surface area (Å²) in [5, 5.41) is 27.0. The second-order valence-electron chi connectivity index (χ2n) is 23.6. The summed E-state index contributed by atoms with van der Waals surface area (Å²) in [7, 11) is 0. The number of benzene rings is 8. The summed E-state index contributed by atoms with van der Waals surface area (Å²) in [5.41, 5.74) is 8.96. The quantitative estimate of drug-likeness (QED) is 0.0462. The highest BCUT2D eigenvalue weighted by molar-refractivity contribution is 6.01. The fourth-order valence-electron chi connectivity index (χ4n) is 12.6. The molecule has 13 rings (SSSR count). The predicted octanol–water partition coefficient (Wildman–Crippen LogP) is 16.6. The molecule has 94 heavy (non-hydrogen) atoms. The number of nitrogens with zero attached hydrogens (tertiary/aromatic N) is 2. The van der Waals surface area contributed by atoms with Crippen LogP contribution in [0.15, 0.2) is 194 Å². The minimum Gasteiger partial charge on any atom is -0.481 e. The van der Waals surface area contributed by atoms with Crippen molar-refractivity contribution in [2.24, 2.45) is 0 Å². The fraction of sp³-hybridized carbons (Fsp3) is 0.154. The molecule has 0 radical (unpaired) electrons. The van der Waals surface area contributed by atoms with Gasteiger partial charge in [-0.1, -0.05) is 121 Å². The normalized spacial score (nSPS) is 12.9. The van der Waals surface area contributed by atoms with Crippen LogP contribution in [0.3, 0.4) is 0 Å². The number of aromatic nitrogens is 4. The van der Waals surface area contributed by atoms with E-state index in [4.69, 9.17) is 28.9 Å². The van der Waals surface area contributed by atoms with Gasteiger partial charge in [0.15, 0.2) is 12.2 Å². The van der Waals surface area contributed by atoms with Crippen molar-refractivity contribution in [3.05, 3.63) is 261 Å². The highest BCUT2D eigenvalue weighted by Crippen LogP contribution is 2.41. The third kappa shape index (κ3) is 12.6. The Hall–Kier alpha value is -11.8. The van der Waals surface area contributed by atoms with Gasteiger partial charge in [-0.3, -0.25) is 9.59 Å². The summed E-state index contributed by atoms with van der Waals surface area (Å²) < 4.78 is 25.6. The number of H-pyrrole nitrogens is 2. The summed E-state index contributed by atoms with van der Waals surface area (Å²) in [5.74, 6) is -4.79. The topological polar surface area (TPSA) is 237 Å². The molecular formula is C78H62N4O12. The van der Waals surface area contributed by atoms with Gasteiger partial charge in [-0.2, -0.15) is 0 Å². The molecule has 16 nitrogen and oxygen atoms in total.